The molecule has 0 spiro atoms. The molecule has 0 aliphatic rings. The Balaban J connectivity index is 2.73. The number of carbonyl (C=O) groups is 1. The molecule has 0 unspecified atom stereocenters. The molecule has 0 aromatic heterocycles. The third kappa shape index (κ3) is 3.92. The molecule has 0 amide bonds. The van der Waals surface area contributed by atoms with Gasteiger partial charge in [0.2, 0.25) is 0 Å². The second-order valence-electron chi connectivity index (χ2n) is 3.03. The minimum atomic E-state index is -4.98. The van der Waals surface area contributed by atoms with Crippen LogP contribution in [-0.4, -0.2) is 19.3 Å². The summed E-state index contributed by atoms with van der Waals surface area (Å²) in [6.07, 6.45) is -4.98. The molecule has 0 aliphatic heterocycles. The van der Waals surface area contributed by atoms with Crippen LogP contribution < -0.4 is 4.74 Å². The van der Waals surface area contributed by atoms with Crippen molar-refractivity contribution in [3.8, 4) is 5.75 Å². The van der Waals surface area contributed by atoms with Crippen LogP contribution in [0.1, 0.15) is 5.56 Å². The number of halogens is 4. The van der Waals surface area contributed by atoms with Gasteiger partial charge in [-0.3, -0.25) is 0 Å². The van der Waals surface area contributed by atoms with Crippen LogP contribution in [0.15, 0.2) is 22.7 Å². The lowest BCUT2D eigenvalue weighted by molar-refractivity contribution is -0.201. The number of rotatable bonds is 3. The van der Waals surface area contributed by atoms with Gasteiger partial charge in [0.15, 0.2) is 0 Å². The van der Waals surface area contributed by atoms with Crippen molar-refractivity contribution in [3.63, 3.8) is 0 Å². The predicted octanol–water partition coefficient (Wildman–Crippen LogP) is 3.06. The Kier molecular flexibility index (Phi) is 4.39. The second-order valence-corrected chi connectivity index (χ2v) is 3.95. The summed E-state index contributed by atoms with van der Waals surface area (Å²) in [6.45, 7) is -0.491. The van der Waals surface area contributed by atoms with Gasteiger partial charge in [-0.25, -0.2) is 4.79 Å². The number of esters is 1. The number of carbonyl (C=O) groups excluding carboxylic acids is 1. The zero-order chi connectivity index (χ0) is 13.1. The summed E-state index contributed by atoms with van der Waals surface area (Å²) in [5, 5.41) is 0. The van der Waals surface area contributed by atoms with Gasteiger partial charge in [0.1, 0.15) is 12.4 Å². The van der Waals surface area contributed by atoms with E-state index in [2.05, 4.69) is 20.7 Å². The maximum absolute atomic E-state index is 11.9. The fourth-order valence-electron chi connectivity index (χ4n) is 1.06. The zero-order valence-corrected chi connectivity index (χ0v) is 10.3. The third-order valence-corrected chi connectivity index (χ3v) is 2.33. The van der Waals surface area contributed by atoms with Crippen LogP contribution in [0.5, 0.6) is 5.75 Å². The summed E-state index contributed by atoms with van der Waals surface area (Å²) >= 11 is 3.18. The number of hydrogen-bond donors (Lipinski definition) is 0. The molecular formula is C10H8BrF3O3. The molecule has 0 aliphatic carbocycles. The number of hydrogen-bond acceptors (Lipinski definition) is 3. The molecule has 0 heterocycles. The van der Waals surface area contributed by atoms with E-state index in [0.29, 0.717) is 15.8 Å². The number of benzene rings is 1. The monoisotopic (exact) mass is 312 g/mol. The van der Waals surface area contributed by atoms with Crippen LogP contribution in [0.2, 0.25) is 0 Å². The Morgan fingerprint density at radius 2 is 2.06 bits per heavy atom. The summed E-state index contributed by atoms with van der Waals surface area (Å²) < 4.78 is 45.4. The number of alkyl halides is 3. The van der Waals surface area contributed by atoms with Gasteiger partial charge >= 0.3 is 12.1 Å². The van der Waals surface area contributed by atoms with E-state index < -0.39 is 18.8 Å². The lowest BCUT2D eigenvalue weighted by Gasteiger charge is -2.10. The molecule has 1 rings (SSSR count). The van der Waals surface area contributed by atoms with E-state index in [9.17, 15) is 18.0 Å². The highest BCUT2D eigenvalue weighted by Crippen LogP contribution is 2.25. The highest BCUT2D eigenvalue weighted by molar-refractivity contribution is 9.10. The summed E-state index contributed by atoms with van der Waals surface area (Å²) in [7, 11) is 1.37. The second kappa shape index (κ2) is 5.39. The van der Waals surface area contributed by atoms with Crippen molar-refractivity contribution >= 4 is 21.9 Å². The third-order valence-electron chi connectivity index (χ3n) is 1.84. The maximum Gasteiger partial charge on any atom is 0.490 e. The lowest BCUT2D eigenvalue weighted by Crippen LogP contribution is -2.25. The molecule has 0 bridgehead atoms. The molecule has 0 saturated heterocycles. The van der Waals surface area contributed by atoms with Gasteiger partial charge in [-0.05, 0) is 12.1 Å². The average molecular weight is 313 g/mol. The van der Waals surface area contributed by atoms with Gasteiger partial charge < -0.3 is 9.47 Å². The van der Waals surface area contributed by atoms with Gasteiger partial charge in [-0.1, -0.05) is 22.0 Å². The van der Waals surface area contributed by atoms with Gasteiger partial charge in [0.05, 0.1) is 7.11 Å². The Hall–Kier alpha value is -1.24. The highest BCUT2D eigenvalue weighted by atomic mass is 79.9. The molecule has 0 fully saturated rings. The molecule has 0 saturated carbocycles. The largest absolute Gasteiger partial charge is 0.496 e. The van der Waals surface area contributed by atoms with Crippen molar-refractivity contribution in [1.82, 2.24) is 0 Å². The molecule has 94 valence electrons. The van der Waals surface area contributed by atoms with E-state index in [0.717, 1.165) is 0 Å². The van der Waals surface area contributed by atoms with Crippen LogP contribution in [0.25, 0.3) is 0 Å². The number of ether oxygens (including phenoxy) is 2. The van der Waals surface area contributed by atoms with Crippen LogP contribution in [-0.2, 0) is 16.1 Å². The topological polar surface area (TPSA) is 35.5 Å². The number of methoxy groups -OCH3 is 1. The first-order chi connectivity index (χ1) is 7.84. The van der Waals surface area contributed by atoms with E-state index in [1.54, 1.807) is 12.1 Å². The standard InChI is InChI=1S/C10H8BrF3O3/c1-16-8-4-7(11)3-2-6(8)5-17-9(15)10(12,13)14/h2-4H,5H2,1H3. The van der Waals surface area contributed by atoms with Crippen LogP contribution >= 0.6 is 15.9 Å². The van der Waals surface area contributed by atoms with Gasteiger partial charge in [-0.15, -0.1) is 0 Å². The quantitative estimate of drug-likeness (QED) is 0.805. The maximum atomic E-state index is 11.9. The lowest BCUT2D eigenvalue weighted by atomic mass is 10.2. The molecule has 0 radical (unpaired) electrons. The molecule has 3 nitrogen and oxygen atoms in total. The molecule has 1 aromatic carbocycles. The van der Waals surface area contributed by atoms with E-state index in [1.165, 1.54) is 13.2 Å². The summed E-state index contributed by atoms with van der Waals surface area (Å²) in [5.74, 6) is -1.88. The van der Waals surface area contributed by atoms with Crippen LogP contribution in [0, 0.1) is 0 Å². The van der Waals surface area contributed by atoms with Crippen molar-refractivity contribution in [3.05, 3.63) is 28.2 Å². The molecule has 0 N–H and O–H groups in total. The first-order valence-electron chi connectivity index (χ1n) is 4.41. The van der Waals surface area contributed by atoms with Crippen molar-refractivity contribution in [2.45, 2.75) is 12.8 Å². The molecule has 1 aromatic rings. The Bertz CT molecular complexity index is 418. The van der Waals surface area contributed by atoms with Crippen LogP contribution in [0.3, 0.4) is 0 Å². The first kappa shape index (κ1) is 13.8. The van der Waals surface area contributed by atoms with Crippen molar-refractivity contribution in [1.29, 1.82) is 0 Å². The fourth-order valence-corrected chi connectivity index (χ4v) is 1.40. The Morgan fingerprint density at radius 3 is 2.59 bits per heavy atom. The highest BCUT2D eigenvalue weighted by Gasteiger charge is 2.40. The Morgan fingerprint density at radius 1 is 1.41 bits per heavy atom. The van der Waals surface area contributed by atoms with E-state index in [-0.39, 0.29) is 0 Å². The average Bonchev–Trinajstić information content (AvgIpc) is 2.25. The molecule has 0 atom stereocenters. The first-order valence-corrected chi connectivity index (χ1v) is 5.20. The smallest absolute Gasteiger partial charge is 0.490 e. The van der Waals surface area contributed by atoms with Crippen molar-refractivity contribution < 1.29 is 27.4 Å². The minimum absolute atomic E-state index is 0.342. The zero-order valence-electron chi connectivity index (χ0n) is 8.68. The summed E-state index contributed by atoms with van der Waals surface area (Å²) in [5.41, 5.74) is 0.355. The fraction of sp³-hybridized carbons (Fsp3) is 0.300. The van der Waals surface area contributed by atoms with Crippen molar-refractivity contribution in [2.24, 2.45) is 0 Å². The molecular weight excluding hydrogens is 305 g/mol. The predicted molar refractivity (Wildman–Crippen MR) is 56.5 cm³/mol. The van der Waals surface area contributed by atoms with E-state index in [1.807, 2.05) is 0 Å². The van der Waals surface area contributed by atoms with Crippen molar-refractivity contribution in [2.75, 3.05) is 7.11 Å². The van der Waals surface area contributed by atoms with Gasteiger partial charge in [0.25, 0.3) is 0 Å². The van der Waals surface area contributed by atoms with Gasteiger partial charge in [-0.2, -0.15) is 13.2 Å². The van der Waals surface area contributed by atoms with E-state index in [4.69, 9.17) is 4.74 Å². The SMILES string of the molecule is COc1cc(Br)ccc1COC(=O)C(F)(F)F. The van der Waals surface area contributed by atoms with Crippen LogP contribution in [0.4, 0.5) is 13.2 Å². The van der Waals surface area contributed by atoms with Gasteiger partial charge in [0, 0.05) is 10.0 Å². The Labute approximate surface area is 104 Å². The normalized spacial score (nSPS) is 11.1. The summed E-state index contributed by atoms with van der Waals surface area (Å²) in [6, 6.07) is 4.68. The molecule has 7 heteroatoms. The summed E-state index contributed by atoms with van der Waals surface area (Å²) in [4.78, 5) is 10.5. The van der Waals surface area contributed by atoms with E-state index >= 15 is 0 Å². The minimum Gasteiger partial charge on any atom is -0.496 e. The molecule has 17 heavy (non-hydrogen) atoms.